The molecule has 1 amide bonds. The quantitative estimate of drug-likeness (QED) is 0.567. The molecule has 8 nitrogen and oxygen atoms in total. The van der Waals surface area contributed by atoms with Gasteiger partial charge in [0.2, 0.25) is 0 Å². The van der Waals surface area contributed by atoms with Gasteiger partial charge in [-0.2, -0.15) is 4.68 Å². The van der Waals surface area contributed by atoms with Gasteiger partial charge in [-0.1, -0.05) is 34.8 Å². The van der Waals surface area contributed by atoms with Gasteiger partial charge >= 0.3 is 0 Å². The Morgan fingerprint density at radius 3 is 2.37 bits per heavy atom. The normalized spacial score (nSPS) is 12.6. The summed E-state index contributed by atoms with van der Waals surface area (Å²) in [5, 5.41) is 8.11. The van der Waals surface area contributed by atoms with Crippen LogP contribution in [0.15, 0.2) is 36.5 Å². The molecule has 0 saturated heterocycles. The zero-order valence-electron chi connectivity index (χ0n) is 15.8. The van der Waals surface area contributed by atoms with Crippen LogP contribution in [0.4, 0.5) is 0 Å². The summed E-state index contributed by atoms with van der Waals surface area (Å²) in [7, 11) is -3.37. The smallest absolute Gasteiger partial charge is 0.251 e. The Kier molecular flexibility index (Phi) is 6.66. The molecule has 30 heavy (non-hydrogen) atoms. The molecule has 158 valence electrons. The summed E-state index contributed by atoms with van der Waals surface area (Å²) in [6.07, 6.45) is 2.51. The van der Waals surface area contributed by atoms with Gasteiger partial charge in [0.25, 0.3) is 5.91 Å². The van der Waals surface area contributed by atoms with Gasteiger partial charge in [-0.05, 0) is 37.3 Å². The third kappa shape index (κ3) is 5.69. The van der Waals surface area contributed by atoms with Crippen LogP contribution in [0.3, 0.4) is 0 Å². The number of carbonyl (C=O) groups is 1. The van der Waals surface area contributed by atoms with Crippen molar-refractivity contribution in [2.75, 3.05) is 6.26 Å². The molecule has 0 radical (unpaired) electrons. The van der Waals surface area contributed by atoms with Gasteiger partial charge in [-0.25, -0.2) is 18.4 Å². The first kappa shape index (κ1) is 22.5. The van der Waals surface area contributed by atoms with Crippen LogP contribution in [0.5, 0.6) is 0 Å². The number of carbonyl (C=O) groups excluding carboxylic acids is 1. The fourth-order valence-corrected chi connectivity index (χ4v) is 3.86. The van der Waals surface area contributed by atoms with Crippen LogP contribution in [-0.4, -0.2) is 40.3 Å². The molecule has 0 spiro atoms. The average molecular weight is 489 g/mol. The maximum atomic E-state index is 12.6. The molecular weight excluding hydrogens is 473 g/mol. The number of hydrogen-bond donors (Lipinski definition) is 1. The number of halogens is 3. The zero-order chi connectivity index (χ0) is 22.1. The highest BCUT2D eigenvalue weighted by Gasteiger charge is 2.22. The van der Waals surface area contributed by atoms with E-state index in [2.05, 4.69) is 20.4 Å². The number of rotatable bonds is 6. The van der Waals surface area contributed by atoms with Crippen molar-refractivity contribution in [2.24, 2.45) is 0 Å². The molecule has 2 heterocycles. The fraction of sp³-hybridized carbons (Fsp3) is 0.222. The van der Waals surface area contributed by atoms with Crippen molar-refractivity contribution >= 4 is 50.5 Å². The number of nitrogens with zero attached hydrogens (tertiary/aromatic N) is 4. The molecule has 0 aliphatic heterocycles. The van der Waals surface area contributed by atoms with E-state index in [-0.39, 0.29) is 17.1 Å². The molecule has 0 aliphatic rings. The summed E-state index contributed by atoms with van der Waals surface area (Å²) in [4.78, 5) is 21.1. The van der Waals surface area contributed by atoms with E-state index in [4.69, 9.17) is 34.8 Å². The SMILES string of the molecule is CC(NC(=O)c1cc(Cl)cc(Cl)c1)c1nc(CS(C)(=O)=O)nn1-c1ccc(Cl)cn1. The highest BCUT2D eigenvalue weighted by atomic mass is 35.5. The lowest BCUT2D eigenvalue weighted by Gasteiger charge is -2.14. The Morgan fingerprint density at radius 1 is 1.13 bits per heavy atom. The molecule has 0 fully saturated rings. The third-order valence-electron chi connectivity index (χ3n) is 3.86. The second kappa shape index (κ2) is 8.89. The second-order valence-corrected chi connectivity index (χ2v) is 10.0. The highest BCUT2D eigenvalue weighted by Crippen LogP contribution is 2.21. The van der Waals surface area contributed by atoms with Crippen LogP contribution in [0.25, 0.3) is 5.82 Å². The monoisotopic (exact) mass is 487 g/mol. The lowest BCUT2D eigenvalue weighted by Crippen LogP contribution is -2.28. The van der Waals surface area contributed by atoms with Gasteiger partial charge in [0.1, 0.15) is 5.75 Å². The number of pyridine rings is 1. The summed E-state index contributed by atoms with van der Waals surface area (Å²) < 4.78 is 24.7. The van der Waals surface area contributed by atoms with E-state index in [9.17, 15) is 13.2 Å². The molecule has 2 aromatic heterocycles. The Balaban J connectivity index is 1.95. The van der Waals surface area contributed by atoms with Gasteiger partial charge in [0.15, 0.2) is 27.3 Å². The molecule has 0 bridgehead atoms. The highest BCUT2D eigenvalue weighted by molar-refractivity contribution is 7.89. The van der Waals surface area contributed by atoms with Gasteiger partial charge < -0.3 is 5.32 Å². The fourth-order valence-electron chi connectivity index (χ4n) is 2.64. The molecular formula is C18H16Cl3N5O3S. The van der Waals surface area contributed by atoms with Crippen molar-refractivity contribution in [1.82, 2.24) is 25.1 Å². The summed E-state index contributed by atoms with van der Waals surface area (Å²) in [5.41, 5.74) is 0.270. The van der Waals surface area contributed by atoms with Crippen molar-refractivity contribution in [2.45, 2.75) is 18.7 Å². The molecule has 0 aliphatic carbocycles. The van der Waals surface area contributed by atoms with Crippen molar-refractivity contribution in [3.63, 3.8) is 0 Å². The van der Waals surface area contributed by atoms with Crippen LogP contribution >= 0.6 is 34.8 Å². The first-order chi connectivity index (χ1) is 14.0. The minimum Gasteiger partial charge on any atom is -0.342 e. The number of sulfone groups is 1. The van der Waals surface area contributed by atoms with E-state index in [1.165, 1.54) is 29.1 Å². The van der Waals surface area contributed by atoms with E-state index in [0.717, 1.165) is 6.26 Å². The van der Waals surface area contributed by atoms with Gasteiger partial charge in [-0.15, -0.1) is 5.10 Å². The molecule has 3 aromatic rings. The number of nitrogens with one attached hydrogen (secondary N) is 1. The molecule has 1 N–H and O–H groups in total. The van der Waals surface area contributed by atoms with Crippen molar-refractivity contribution < 1.29 is 13.2 Å². The molecule has 1 atom stereocenters. The molecule has 0 saturated carbocycles. The Morgan fingerprint density at radius 2 is 1.80 bits per heavy atom. The lowest BCUT2D eigenvalue weighted by atomic mass is 10.2. The predicted octanol–water partition coefficient (Wildman–Crippen LogP) is 3.66. The first-order valence-electron chi connectivity index (χ1n) is 8.54. The number of aromatic nitrogens is 4. The number of benzene rings is 1. The first-order valence-corrected chi connectivity index (χ1v) is 11.7. The van der Waals surface area contributed by atoms with Crippen LogP contribution in [-0.2, 0) is 15.6 Å². The van der Waals surface area contributed by atoms with E-state index in [0.29, 0.717) is 26.7 Å². The van der Waals surface area contributed by atoms with Crippen LogP contribution in [0.1, 0.15) is 35.0 Å². The maximum Gasteiger partial charge on any atom is 0.251 e. The summed E-state index contributed by atoms with van der Waals surface area (Å²) in [6, 6.07) is 7.06. The van der Waals surface area contributed by atoms with Crippen molar-refractivity contribution in [1.29, 1.82) is 0 Å². The van der Waals surface area contributed by atoms with E-state index >= 15 is 0 Å². The maximum absolute atomic E-state index is 12.6. The third-order valence-corrected chi connectivity index (χ3v) is 5.30. The van der Waals surface area contributed by atoms with Crippen molar-refractivity contribution in [3.05, 3.63) is 68.8 Å². The van der Waals surface area contributed by atoms with Gasteiger partial charge in [-0.3, -0.25) is 4.79 Å². The Bertz CT molecular complexity index is 1180. The lowest BCUT2D eigenvalue weighted by molar-refractivity contribution is 0.0938. The molecule has 12 heteroatoms. The van der Waals surface area contributed by atoms with Crippen LogP contribution in [0.2, 0.25) is 15.1 Å². The summed E-state index contributed by atoms with van der Waals surface area (Å²) in [5.74, 6) is -0.0460. The minimum atomic E-state index is -3.37. The standard InChI is InChI=1S/C18H16Cl3N5O3S/c1-10(23-18(27)11-5-13(20)7-14(21)6-11)17-24-15(9-30(2,28)29)25-26(17)16-4-3-12(19)8-22-16/h3-8,10H,9H2,1-2H3,(H,23,27). The Hall–Kier alpha value is -2.20. The number of amides is 1. The molecule has 1 unspecified atom stereocenters. The van der Waals surface area contributed by atoms with E-state index in [1.54, 1.807) is 19.1 Å². The summed E-state index contributed by atoms with van der Waals surface area (Å²) in [6.45, 7) is 1.69. The minimum absolute atomic E-state index is 0.0798. The average Bonchev–Trinajstić information content (AvgIpc) is 3.03. The largest absolute Gasteiger partial charge is 0.342 e. The molecule has 1 aromatic carbocycles. The zero-order valence-corrected chi connectivity index (χ0v) is 18.9. The van der Waals surface area contributed by atoms with Crippen LogP contribution in [0, 0.1) is 0 Å². The molecule has 3 rings (SSSR count). The Labute approximate surface area is 188 Å². The predicted molar refractivity (Wildman–Crippen MR) is 115 cm³/mol. The van der Waals surface area contributed by atoms with Crippen LogP contribution < -0.4 is 5.32 Å². The topological polar surface area (TPSA) is 107 Å². The second-order valence-electron chi connectivity index (χ2n) is 6.56. The van der Waals surface area contributed by atoms with Gasteiger partial charge in [0.05, 0.1) is 11.1 Å². The van der Waals surface area contributed by atoms with Gasteiger partial charge in [0, 0.05) is 28.1 Å². The van der Waals surface area contributed by atoms with E-state index < -0.39 is 21.8 Å². The van der Waals surface area contributed by atoms with Crippen molar-refractivity contribution in [3.8, 4) is 5.82 Å². The number of hydrogen-bond acceptors (Lipinski definition) is 6. The van der Waals surface area contributed by atoms with E-state index in [1.807, 2.05) is 0 Å². The summed E-state index contributed by atoms with van der Waals surface area (Å²) >= 11 is 17.8.